The maximum absolute atomic E-state index is 12.1. The Morgan fingerprint density at radius 1 is 0.926 bits per heavy atom. The molecular weight excluding hydrogens is 342 g/mol. The van der Waals surface area contributed by atoms with Crippen LogP contribution in [0, 0.1) is 0 Å². The third kappa shape index (κ3) is 4.98. The van der Waals surface area contributed by atoms with E-state index in [-0.39, 0.29) is 5.91 Å². The van der Waals surface area contributed by atoms with Crippen LogP contribution in [-0.2, 0) is 11.2 Å². The third-order valence-electron chi connectivity index (χ3n) is 3.91. The Balaban J connectivity index is 1.61. The first kappa shape index (κ1) is 18.3. The van der Waals surface area contributed by atoms with E-state index in [0.29, 0.717) is 29.4 Å². The van der Waals surface area contributed by atoms with Gasteiger partial charge in [-0.05, 0) is 29.8 Å². The van der Waals surface area contributed by atoms with Crippen LogP contribution in [0.4, 0.5) is 17.2 Å². The van der Waals surface area contributed by atoms with Crippen molar-refractivity contribution in [3.63, 3.8) is 0 Å². The van der Waals surface area contributed by atoms with Crippen molar-refractivity contribution in [2.24, 2.45) is 0 Å². The van der Waals surface area contributed by atoms with E-state index < -0.39 is 0 Å². The van der Waals surface area contributed by atoms with Gasteiger partial charge in [0.15, 0.2) is 11.5 Å². The highest BCUT2D eigenvalue weighted by Crippen LogP contribution is 2.30. The van der Waals surface area contributed by atoms with Crippen molar-refractivity contribution in [2.75, 3.05) is 24.9 Å². The first-order valence-electron chi connectivity index (χ1n) is 8.47. The topological polar surface area (TPSA) is 72.5 Å². The van der Waals surface area contributed by atoms with Crippen LogP contribution in [0.2, 0.25) is 0 Å². The molecule has 1 aromatic heterocycles. The molecule has 0 spiro atoms. The van der Waals surface area contributed by atoms with Crippen LogP contribution in [0.3, 0.4) is 0 Å². The molecule has 0 aliphatic heterocycles. The maximum Gasteiger partial charge on any atom is 0.228 e. The summed E-state index contributed by atoms with van der Waals surface area (Å²) in [5.74, 6) is 1.87. The molecule has 0 unspecified atom stereocenters. The summed E-state index contributed by atoms with van der Waals surface area (Å²) >= 11 is 0. The second-order valence-electron chi connectivity index (χ2n) is 5.84. The molecule has 0 radical (unpaired) electrons. The Morgan fingerprint density at radius 3 is 2.33 bits per heavy atom. The van der Waals surface area contributed by atoms with Gasteiger partial charge in [0.2, 0.25) is 5.91 Å². The van der Waals surface area contributed by atoms with Gasteiger partial charge in [-0.2, -0.15) is 0 Å². The van der Waals surface area contributed by atoms with Gasteiger partial charge in [0.1, 0.15) is 5.82 Å². The molecule has 0 aliphatic carbocycles. The molecule has 138 valence electrons. The molecular formula is C21H21N3O3. The second kappa shape index (κ2) is 8.71. The van der Waals surface area contributed by atoms with E-state index in [1.165, 1.54) is 0 Å². The minimum Gasteiger partial charge on any atom is -0.493 e. The normalized spacial score (nSPS) is 10.1. The van der Waals surface area contributed by atoms with Crippen LogP contribution in [0.15, 0.2) is 66.9 Å². The quantitative estimate of drug-likeness (QED) is 0.663. The van der Waals surface area contributed by atoms with Gasteiger partial charge >= 0.3 is 0 Å². The molecule has 0 saturated carbocycles. The fourth-order valence-corrected chi connectivity index (χ4v) is 2.59. The minimum absolute atomic E-state index is 0.0800. The zero-order valence-corrected chi connectivity index (χ0v) is 15.2. The number of carbonyl (C=O) groups is 1. The van der Waals surface area contributed by atoms with Gasteiger partial charge in [-0.1, -0.05) is 30.3 Å². The van der Waals surface area contributed by atoms with Crippen molar-refractivity contribution in [3.8, 4) is 11.5 Å². The number of benzene rings is 2. The Labute approximate surface area is 158 Å². The number of nitrogens with zero attached hydrogens (tertiary/aromatic N) is 1. The summed E-state index contributed by atoms with van der Waals surface area (Å²) in [6.07, 6.45) is 1.94. The molecule has 0 aliphatic rings. The van der Waals surface area contributed by atoms with Crippen molar-refractivity contribution >= 4 is 23.1 Å². The van der Waals surface area contributed by atoms with Crippen LogP contribution in [0.5, 0.6) is 11.5 Å². The Morgan fingerprint density at radius 2 is 1.67 bits per heavy atom. The average molecular weight is 363 g/mol. The summed E-state index contributed by atoms with van der Waals surface area (Å²) in [5.41, 5.74) is 2.43. The van der Waals surface area contributed by atoms with Gasteiger partial charge < -0.3 is 20.1 Å². The van der Waals surface area contributed by atoms with E-state index in [9.17, 15) is 4.79 Å². The highest BCUT2D eigenvalue weighted by molar-refractivity contribution is 5.92. The van der Waals surface area contributed by atoms with Gasteiger partial charge in [0.05, 0.1) is 32.5 Å². The number of pyridine rings is 1. The van der Waals surface area contributed by atoms with Gasteiger partial charge in [0.25, 0.3) is 0 Å². The molecule has 1 heterocycles. The molecule has 0 bridgehead atoms. The predicted molar refractivity (Wildman–Crippen MR) is 106 cm³/mol. The number of carbonyl (C=O) groups excluding carboxylic acids is 1. The largest absolute Gasteiger partial charge is 0.493 e. The number of hydrogen-bond donors (Lipinski definition) is 2. The first-order valence-corrected chi connectivity index (χ1v) is 8.47. The van der Waals surface area contributed by atoms with E-state index in [2.05, 4.69) is 15.6 Å². The van der Waals surface area contributed by atoms with E-state index in [4.69, 9.17) is 9.47 Å². The molecule has 0 saturated heterocycles. The Kier molecular flexibility index (Phi) is 5.89. The van der Waals surface area contributed by atoms with E-state index in [0.717, 1.165) is 11.3 Å². The summed E-state index contributed by atoms with van der Waals surface area (Å²) < 4.78 is 10.5. The van der Waals surface area contributed by atoms with Gasteiger partial charge in [-0.3, -0.25) is 4.79 Å². The van der Waals surface area contributed by atoms with Crippen molar-refractivity contribution < 1.29 is 14.3 Å². The van der Waals surface area contributed by atoms with E-state index >= 15 is 0 Å². The minimum atomic E-state index is -0.0800. The molecule has 0 atom stereocenters. The Hall–Kier alpha value is -3.54. The standard InChI is InChI=1S/C21H21N3O3/c1-26-18-10-8-16(13-19(18)27-2)23-20-11-9-17(14-22-20)24-21(25)12-15-6-4-3-5-7-15/h3-11,13-14H,12H2,1-2H3,(H,22,23)(H,24,25). The molecule has 3 rings (SSSR count). The van der Waals surface area contributed by atoms with Crippen LogP contribution in [-0.4, -0.2) is 25.1 Å². The fourth-order valence-electron chi connectivity index (χ4n) is 2.59. The number of nitrogens with one attached hydrogen (secondary N) is 2. The van der Waals surface area contributed by atoms with Crippen LogP contribution >= 0.6 is 0 Å². The average Bonchev–Trinajstić information content (AvgIpc) is 2.70. The number of methoxy groups -OCH3 is 2. The lowest BCUT2D eigenvalue weighted by molar-refractivity contribution is -0.115. The molecule has 2 aromatic carbocycles. The van der Waals surface area contributed by atoms with E-state index in [1.807, 2.05) is 48.5 Å². The Bertz CT molecular complexity index is 896. The lowest BCUT2D eigenvalue weighted by atomic mass is 10.1. The lowest BCUT2D eigenvalue weighted by Crippen LogP contribution is -2.14. The highest BCUT2D eigenvalue weighted by Gasteiger charge is 2.07. The molecule has 6 nitrogen and oxygen atoms in total. The van der Waals surface area contributed by atoms with Crippen LogP contribution < -0.4 is 20.1 Å². The highest BCUT2D eigenvalue weighted by atomic mass is 16.5. The number of rotatable bonds is 7. The molecule has 2 N–H and O–H groups in total. The molecule has 3 aromatic rings. The number of hydrogen-bond acceptors (Lipinski definition) is 5. The lowest BCUT2D eigenvalue weighted by Gasteiger charge is -2.11. The maximum atomic E-state index is 12.1. The predicted octanol–water partition coefficient (Wildman–Crippen LogP) is 4.02. The smallest absolute Gasteiger partial charge is 0.228 e. The summed E-state index contributed by atoms with van der Waals surface area (Å²) in [6.45, 7) is 0. The summed E-state index contributed by atoms with van der Waals surface area (Å²) in [5, 5.41) is 6.04. The molecule has 0 fully saturated rings. The second-order valence-corrected chi connectivity index (χ2v) is 5.84. The first-order chi connectivity index (χ1) is 13.2. The van der Waals surface area contributed by atoms with Gasteiger partial charge in [-0.15, -0.1) is 0 Å². The number of ether oxygens (including phenoxy) is 2. The summed E-state index contributed by atoms with van der Waals surface area (Å²) in [6, 6.07) is 18.7. The van der Waals surface area contributed by atoms with E-state index in [1.54, 1.807) is 32.5 Å². The van der Waals surface area contributed by atoms with Gasteiger partial charge in [-0.25, -0.2) is 4.98 Å². The number of aromatic nitrogens is 1. The zero-order valence-electron chi connectivity index (χ0n) is 15.2. The fraction of sp³-hybridized carbons (Fsp3) is 0.143. The number of anilines is 3. The molecule has 6 heteroatoms. The van der Waals surface area contributed by atoms with Gasteiger partial charge in [0, 0.05) is 11.8 Å². The van der Waals surface area contributed by atoms with Crippen molar-refractivity contribution in [1.29, 1.82) is 0 Å². The van der Waals surface area contributed by atoms with Crippen LogP contribution in [0.25, 0.3) is 0 Å². The third-order valence-corrected chi connectivity index (χ3v) is 3.91. The van der Waals surface area contributed by atoms with Crippen molar-refractivity contribution in [1.82, 2.24) is 4.98 Å². The zero-order chi connectivity index (χ0) is 19.1. The molecule has 27 heavy (non-hydrogen) atoms. The molecule has 1 amide bonds. The number of amides is 1. The summed E-state index contributed by atoms with van der Waals surface area (Å²) in [4.78, 5) is 16.4. The summed E-state index contributed by atoms with van der Waals surface area (Å²) in [7, 11) is 3.18. The van der Waals surface area contributed by atoms with Crippen molar-refractivity contribution in [2.45, 2.75) is 6.42 Å². The SMILES string of the molecule is COc1ccc(Nc2ccc(NC(=O)Cc3ccccc3)cn2)cc1OC. The van der Waals surface area contributed by atoms with Crippen LogP contribution in [0.1, 0.15) is 5.56 Å². The van der Waals surface area contributed by atoms with Crippen molar-refractivity contribution in [3.05, 3.63) is 72.4 Å². The monoisotopic (exact) mass is 363 g/mol.